The fourth-order valence-corrected chi connectivity index (χ4v) is 4.65. The summed E-state index contributed by atoms with van der Waals surface area (Å²) in [6.45, 7) is 4.69. The molecule has 2 aromatic carbocycles. The summed E-state index contributed by atoms with van der Waals surface area (Å²) >= 11 is 0. The monoisotopic (exact) mass is 547 g/mol. The van der Waals surface area contributed by atoms with E-state index in [2.05, 4.69) is 26.8 Å². The molecule has 40 heavy (non-hydrogen) atoms. The van der Waals surface area contributed by atoms with Crippen molar-refractivity contribution in [1.82, 2.24) is 19.9 Å². The molecular formula is C29H27F2N5O4. The van der Waals surface area contributed by atoms with Gasteiger partial charge in [0, 0.05) is 42.9 Å². The number of hydrogen-bond acceptors (Lipinski definition) is 8. The summed E-state index contributed by atoms with van der Waals surface area (Å²) in [5.74, 6) is 0.0607. The Morgan fingerprint density at radius 1 is 1.02 bits per heavy atom. The molecule has 0 saturated carbocycles. The molecule has 2 aromatic heterocycles. The largest absolute Gasteiger partial charge is 0.495 e. The van der Waals surface area contributed by atoms with E-state index in [9.17, 15) is 13.6 Å². The lowest BCUT2D eigenvalue weighted by Gasteiger charge is -2.31. The van der Waals surface area contributed by atoms with Crippen LogP contribution in [0.3, 0.4) is 0 Å². The number of rotatable bonds is 8. The van der Waals surface area contributed by atoms with Crippen LogP contribution >= 0.6 is 0 Å². The van der Waals surface area contributed by atoms with Gasteiger partial charge >= 0.3 is 0 Å². The first-order valence-corrected chi connectivity index (χ1v) is 12.6. The number of halogens is 2. The number of anilines is 2. The van der Waals surface area contributed by atoms with Gasteiger partial charge in [0.1, 0.15) is 24.0 Å². The quantitative estimate of drug-likeness (QED) is 0.235. The highest BCUT2D eigenvalue weighted by Crippen LogP contribution is 2.38. The Hall–Kier alpha value is -4.80. The van der Waals surface area contributed by atoms with E-state index < -0.39 is 11.9 Å². The molecule has 5 rings (SSSR count). The number of ether oxygens (including phenoxy) is 3. The molecule has 1 N–H and O–H groups in total. The maximum atomic E-state index is 14.4. The van der Waals surface area contributed by atoms with Gasteiger partial charge in [-0.25, -0.2) is 9.97 Å². The van der Waals surface area contributed by atoms with E-state index in [1.54, 1.807) is 42.3 Å². The number of pyridine rings is 1. The van der Waals surface area contributed by atoms with Gasteiger partial charge in [-0.3, -0.25) is 4.79 Å². The fourth-order valence-electron chi connectivity index (χ4n) is 4.65. The molecule has 0 aliphatic carbocycles. The molecule has 9 nitrogen and oxygen atoms in total. The SMILES string of the molecule is C=CC(=O)N1CCC(Oc2cc3c(Nc4cc(-c5ccc(F)nc5F)ccc4OC)ncnc3cc2OC)CC1. The molecule has 0 radical (unpaired) electrons. The minimum absolute atomic E-state index is 0.0903. The summed E-state index contributed by atoms with van der Waals surface area (Å²) < 4.78 is 45.2. The molecule has 0 unspecified atom stereocenters. The molecule has 4 aromatic rings. The molecule has 1 fully saturated rings. The third-order valence-electron chi connectivity index (χ3n) is 6.72. The number of benzene rings is 2. The van der Waals surface area contributed by atoms with Gasteiger partial charge in [0.2, 0.25) is 17.8 Å². The Morgan fingerprint density at radius 2 is 1.80 bits per heavy atom. The van der Waals surface area contributed by atoms with Crippen LogP contribution in [-0.2, 0) is 4.79 Å². The lowest BCUT2D eigenvalue weighted by molar-refractivity contribution is -0.127. The van der Waals surface area contributed by atoms with Crippen molar-refractivity contribution >= 4 is 28.3 Å². The summed E-state index contributed by atoms with van der Waals surface area (Å²) in [5, 5.41) is 3.91. The number of piperidine rings is 1. The summed E-state index contributed by atoms with van der Waals surface area (Å²) in [6.07, 6.45) is 3.94. The van der Waals surface area contributed by atoms with Crippen molar-refractivity contribution in [2.24, 2.45) is 0 Å². The molecule has 1 aliphatic heterocycles. The third kappa shape index (κ3) is 5.49. The van der Waals surface area contributed by atoms with Crippen molar-refractivity contribution in [2.45, 2.75) is 18.9 Å². The zero-order valence-corrected chi connectivity index (χ0v) is 22.0. The zero-order valence-electron chi connectivity index (χ0n) is 22.0. The lowest BCUT2D eigenvalue weighted by Crippen LogP contribution is -2.41. The molecule has 0 atom stereocenters. The number of aromatic nitrogens is 3. The van der Waals surface area contributed by atoms with Gasteiger partial charge in [0.25, 0.3) is 0 Å². The van der Waals surface area contributed by atoms with Gasteiger partial charge in [0.05, 0.1) is 25.4 Å². The molecule has 206 valence electrons. The molecule has 3 heterocycles. The average Bonchev–Trinajstić information content (AvgIpc) is 2.97. The summed E-state index contributed by atoms with van der Waals surface area (Å²) in [6, 6.07) is 11.0. The molecule has 0 bridgehead atoms. The Balaban J connectivity index is 1.46. The van der Waals surface area contributed by atoms with Crippen LogP contribution in [0.2, 0.25) is 0 Å². The Kier molecular flexibility index (Phi) is 7.72. The highest BCUT2D eigenvalue weighted by atomic mass is 19.1. The first kappa shape index (κ1) is 26.8. The summed E-state index contributed by atoms with van der Waals surface area (Å²) in [4.78, 5) is 25.8. The second-order valence-corrected chi connectivity index (χ2v) is 9.10. The van der Waals surface area contributed by atoms with Crippen molar-refractivity contribution in [3.63, 3.8) is 0 Å². The van der Waals surface area contributed by atoms with Crippen molar-refractivity contribution < 1.29 is 27.8 Å². The third-order valence-corrected chi connectivity index (χ3v) is 6.72. The van der Waals surface area contributed by atoms with E-state index in [0.717, 1.165) is 6.07 Å². The van der Waals surface area contributed by atoms with Gasteiger partial charge in [-0.15, -0.1) is 0 Å². The van der Waals surface area contributed by atoms with E-state index in [1.807, 2.05) is 0 Å². The van der Waals surface area contributed by atoms with E-state index >= 15 is 0 Å². The number of nitrogens with zero attached hydrogens (tertiary/aromatic N) is 4. The number of hydrogen-bond donors (Lipinski definition) is 1. The van der Waals surface area contributed by atoms with E-state index in [0.29, 0.717) is 71.2 Å². The predicted octanol–water partition coefficient (Wildman–Crippen LogP) is 5.29. The average molecular weight is 548 g/mol. The molecule has 1 amide bonds. The summed E-state index contributed by atoms with van der Waals surface area (Å²) in [5.41, 5.74) is 1.72. The number of carbonyl (C=O) groups is 1. The molecule has 0 spiro atoms. The first-order chi connectivity index (χ1) is 19.4. The number of nitrogens with one attached hydrogen (secondary N) is 1. The topological polar surface area (TPSA) is 98.7 Å². The van der Waals surface area contributed by atoms with Crippen LogP contribution in [0.4, 0.5) is 20.3 Å². The van der Waals surface area contributed by atoms with Crippen LogP contribution in [0, 0.1) is 11.9 Å². The van der Waals surface area contributed by atoms with E-state index in [-0.39, 0.29) is 17.6 Å². The fraction of sp³-hybridized carbons (Fsp3) is 0.241. The number of amides is 1. The number of methoxy groups -OCH3 is 2. The number of fused-ring (bicyclic) bond motifs is 1. The minimum Gasteiger partial charge on any atom is -0.495 e. The normalized spacial score (nSPS) is 13.7. The smallest absolute Gasteiger partial charge is 0.245 e. The first-order valence-electron chi connectivity index (χ1n) is 12.6. The van der Waals surface area contributed by atoms with Crippen molar-refractivity contribution in [1.29, 1.82) is 0 Å². The second kappa shape index (κ2) is 11.5. The standard InChI is InChI=1S/C29H27F2N5O4/c1-4-27(37)36-11-9-18(10-12-36)40-25-14-20-21(15-24(25)39-3)32-16-33-29(20)34-22-13-17(5-7-23(22)38-2)19-6-8-26(30)35-28(19)31/h4-8,13-16,18H,1,9-12H2,2-3H3,(H,32,33,34). The van der Waals surface area contributed by atoms with Crippen LogP contribution < -0.4 is 19.5 Å². The van der Waals surface area contributed by atoms with Crippen LogP contribution in [0.25, 0.3) is 22.0 Å². The molecule has 1 aliphatic rings. The van der Waals surface area contributed by atoms with Gasteiger partial charge in [0.15, 0.2) is 11.5 Å². The van der Waals surface area contributed by atoms with Gasteiger partial charge < -0.3 is 24.4 Å². The number of carbonyl (C=O) groups excluding carboxylic acids is 1. The Bertz CT molecular complexity index is 1570. The highest BCUT2D eigenvalue weighted by Gasteiger charge is 2.24. The highest BCUT2D eigenvalue weighted by molar-refractivity contribution is 5.94. The molecular weight excluding hydrogens is 520 g/mol. The van der Waals surface area contributed by atoms with Crippen molar-refractivity contribution in [3.8, 4) is 28.4 Å². The molecule has 1 saturated heterocycles. The van der Waals surface area contributed by atoms with Crippen LogP contribution in [-0.4, -0.2) is 59.2 Å². The Labute approximate surface area is 229 Å². The second-order valence-electron chi connectivity index (χ2n) is 9.10. The van der Waals surface area contributed by atoms with Crippen LogP contribution in [0.5, 0.6) is 17.2 Å². The predicted molar refractivity (Wildman–Crippen MR) is 146 cm³/mol. The maximum absolute atomic E-state index is 14.4. The van der Waals surface area contributed by atoms with Gasteiger partial charge in [-0.05, 0) is 42.0 Å². The Morgan fingerprint density at radius 3 is 2.50 bits per heavy atom. The minimum atomic E-state index is -0.919. The van der Waals surface area contributed by atoms with Crippen LogP contribution in [0.15, 0.2) is 61.4 Å². The number of likely N-dealkylation sites (tertiary alicyclic amines) is 1. The maximum Gasteiger partial charge on any atom is 0.245 e. The molecule has 11 heteroatoms. The van der Waals surface area contributed by atoms with E-state index in [4.69, 9.17) is 14.2 Å². The van der Waals surface area contributed by atoms with Crippen molar-refractivity contribution in [2.75, 3.05) is 32.6 Å². The van der Waals surface area contributed by atoms with Crippen LogP contribution in [0.1, 0.15) is 12.8 Å². The lowest BCUT2D eigenvalue weighted by atomic mass is 10.1. The van der Waals surface area contributed by atoms with Crippen molar-refractivity contribution in [3.05, 3.63) is 73.3 Å². The summed E-state index contributed by atoms with van der Waals surface area (Å²) in [7, 11) is 3.07. The van der Waals surface area contributed by atoms with Gasteiger partial charge in [-0.2, -0.15) is 13.8 Å². The van der Waals surface area contributed by atoms with E-state index in [1.165, 1.54) is 25.6 Å². The van der Waals surface area contributed by atoms with Gasteiger partial charge in [-0.1, -0.05) is 12.6 Å². The zero-order chi connectivity index (χ0) is 28.2.